The maximum Gasteiger partial charge on any atom is 0.347 e. The van der Waals surface area contributed by atoms with E-state index in [2.05, 4.69) is 0 Å². The Balaban J connectivity index is 2.17. The summed E-state index contributed by atoms with van der Waals surface area (Å²) in [4.78, 5) is 11.2. The summed E-state index contributed by atoms with van der Waals surface area (Å²) >= 11 is 0. The molecule has 16 heavy (non-hydrogen) atoms. The zero-order valence-corrected chi connectivity index (χ0v) is 8.61. The van der Waals surface area contributed by atoms with Crippen LogP contribution in [0.15, 0.2) is 18.2 Å². The van der Waals surface area contributed by atoms with E-state index >= 15 is 0 Å². The van der Waals surface area contributed by atoms with Gasteiger partial charge in [-0.25, -0.2) is 9.18 Å². The van der Waals surface area contributed by atoms with Crippen LogP contribution in [0.2, 0.25) is 0 Å². The van der Waals surface area contributed by atoms with Crippen molar-refractivity contribution in [3.05, 3.63) is 29.6 Å². The zero-order chi connectivity index (χ0) is 11.5. The number of ether oxygens (including phenoxy) is 2. The number of carbonyl (C=O) groups excluding carboxylic acids is 1. The molecule has 86 valence electrons. The Labute approximate surface area is 92.1 Å². The molecule has 0 aliphatic carbocycles. The Morgan fingerprint density at radius 2 is 2.38 bits per heavy atom. The van der Waals surface area contributed by atoms with E-state index in [0.717, 1.165) is 0 Å². The molecule has 5 heteroatoms. The molecule has 1 fully saturated rings. The van der Waals surface area contributed by atoms with Gasteiger partial charge in [0.1, 0.15) is 11.6 Å². The van der Waals surface area contributed by atoms with E-state index in [4.69, 9.17) is 15.2 Å². The van der Waals surface area contributed by atoms with Gasteiger partial charge in [0.2, 0.25) is 0 Å². The fraction of sp³-hybridized carbons (Fsp3) is 0.364. The molecule has 0 saturated carbocycles. The molecule has 0 bridgehead atoms. The van der Waals surface area contributed by atoms with Gasteiger partial charge in [-0.05, 0) is 18.2 Å². The Hall–Kier alpha value is -1.62. The van der Waals surface area contributed by atoms with E-state index in [-0.39, 0.29) is 18.3 Å². The fourth-order valence-corrected chi connectivity index (χ4v) is 1.56. The molecule has 1 saturated heterocycles. The Morgan fingerprint density at radius 1 is 1.56 bits per heavy atom. The van der Waals surface area contributed by atoms with Gasteiger partial charge in [0.25, 0.3) is 0 Å². The predicted octanol–water partition coefficient (Wildman–Crippen LogP) is 0.979. The number of benzene rings is 1. The van der Waals surface area contributed by atoms with E-state index < -0.39 is 6.10 Å². The lowest BCUT2D eigenvalue weighted by molar-refractivity contribution is -0.143. The van der Waals surface area contributed by atoms with Crippen molar-refractivity contribution in [3.8, 4) is 5.75 Å². The average Bonchev–Trinajstić information content (AvgIpc) is 2.67. The molecule has 4 nitrogen and oxygen atoms in total. The van der Waals surface area contributed by atoms with Gasteiger partial charge in [0.05, 0.1) is 6.61 Å². The van der Waals surface area contributed by atoms with Crippen LogP contribution in [0.5, 0.6) is 5.75 Å². The molecule has 1 aliphatic heterocycles. The quantitative estimate of drug-likeness (QED) is 0.779. The summed E-state index contributed by atoms with van der Waals surface area (Å²) in [5.74, 6) is -0.318. The van der Waals surface area contributed by atoms with E-state index in [9.17, 15) is 9.18 Å². The third kappa shape index (κ3) is 2.14. The summed E-state index contributed by atoms with van der Waals surface area (Å²) < 4.78 is 23.1. The number of carbonyl (C=O) groups is 1. The highest BCUT2D eigenvalue weighted by Gasteiger charge is 2.28. The molecule has 0 spiro atoms. The normalized spacial score (nSPS) is 19.6. The molecular formula is C11H12FNO3. The topological polar surface area (TPSA) is 61.6 Å². The van der Waals surface area contributed by atoms with Crippen LogP contribution < -0.4 is 10.5 Å². The minimum Gasteiger partial charge on any atom is -0.478 e. The van der Waals surface area contributed by atoms with Crippen LogP contribution in [0.25, 0.3) is 0 Å². The van der Waals surface area contributed by atoms with Gasteiger partial charge in [-0.3, -0.25) is 0 Å². The van der Waals surface area contributed by atoms with Crippen LogP contribution >= 0.6 is 0 Å². The van der Waals surface area contributed by atoms with Gasteiger partial charge in [-0.2, -0.15) is 0 Å². The third-order valence-electron chi connectivity index (χ3n) is 2.40. The Kier molecular flexibility index (Phi) is 3.05. The molecule has 0 radical (unpaired) electrons. The summed E-state index contributed by atoms with van der Waals surface area (Å²) in [5, 5.41) is 0. The summed E-state index contributed by atoms with van der Waals surface area (Å²) in [5.41, 5.74) is 6.01. The largest absolute Gasteiger partial charge is 0.478 e. The standard InChI is InChI=1S/C11H12FNO3/c12-8-1-2-9(7(5-8)6-13)16-10-3-4-15-11(10)14/h1-2,5,10H,3-4,6,13H2. The Bertz CT molecular complexity index is 408. The highest BCUT2D eigenvalue weighted by molar-refractivity contribution is 5.76. The zero-order valence-electron chi connectivity index (χ0n) is 8.61. The van der Waals surface area contributed by atoms with Crippen LogP contribution in [0.1, 0.15) is 12.0 Å². The van der Waals surface area contributed by atoms with Crippen molar-refractivity contribution in [1.29, 1.82) is 0 Å². The molecule has 0 amide bonds. The molecule has 2 rings (SSSR count). The molecule has 1 aliphatic rings. The first-order valence-corrected chi connectivity index (χ1v) is 5.02. The monoisotopic (exact) mass is 225 g/mol. The number of rotatable bonds is 3. The number of halogens is 1. The number of esters is 1. The smallest absolute Gasteiger partial charge is 0.347 e. The van der Waals surface area contributed by atoms with Gasteiger partial charge in [-0.15, -0.1) is 0 Å². The first-order chi connectivity index (χ1) is 7.70. The van der Waals surface area contributed by atoms with Gasteiger partial charge in [-0.1, -0.05) is 0 Å². The van der Waals surface area contributed by atoms with Gasteiger partial charge < -0.3 is 15.2 Å². The fourth-order valence-electron chi connectivity index (χ4n) is 1.56. The lowest BCUT2D eigenvalue weighted by atomic mass is 10.2. The van der Waals surface area contributed by atoms with Crippen LogP contribution in [-0.2, 0) is 16.1 Å². The summed E-state index contributed by atoms with van der Waals surface area (Å²) in [6, 6.07) is 4.05. The minimum atomic E-state index is -0.601. The van der Waals surface area contributed by atoms with E-state index in [1.807, 2.05) is 0 Å². The van der Waals surface area contributed by atoms with Crippen molar-refractivity contribution in [2.24, 2.45) is 5.73 Å². The van der Waals surface area contributed by atoms with Crippen molar-refractivity contribution in [2.45, 2.75) is 19.1 Å². The van der Waals surface area contributed by atoms with Crippen molar-refractivity contribution < 1.29 is 18.7 Å². The maximum atomic E-state index is 12.9. The molecule has 1 heterocycles. The second-order valence-corrected chi connectivity index (χ2v) is 3.52. The van der Waals surface area contributed by atoms with Crippen LogP contribution in [0.4, 0.5) is 4.39 Å². The second-order valence-electron chi connectivity index (χ2n) is 3.52. The minimum absolute atomic E-state index is 0.162. The molecule has 2 N–H and O–H groups in total. The summed E-state index contributed by atoms with van der Waals surface area (Å²) in [6.07, 6.45) is -0.0870. The summed E-state index contributed by atoms with van der Waals surface area (Å²) in [6.45, 7) is 0.525. The lowest BCUT2D eigenvalue weighted by Crippen LogP contribution is -2.22. The van der Waals surface area contributed by atoms with E-state index in [1.54, 1.807) is 0 Å². The highest BCUT2D eigenvalue weighted by Crippen LogP contribution is 2.23. The molecule has 1 aromatic rings. The van der Waals surface area contributed by atoms with Gasteiger partial charge in [0, 0.05) is 18.5 Å². The maximum absolute atomic E-state index is 12.9. The second kappa shape index (κ2) is 4.49. The van der Waals surface area contributed by atoms with Crippen LogP contribution in [0.3, 0.4) is 0 Å². The van der Waals surface area contributed by atoms with Crippen LogP contribution in [-0.4, -0.2) is 18.7 Å². The molecular weight excluding hydrogens is 213 g/mol. The Morgan fingerprint density at radius 3 is 3.00 bits per heavy atom. The molecule has 1 atom stereocenters. The first-order valence-electron chi connectivity index (χ1n) is 5.02. The van der Waals surface area contributed by atoms with Crippen molar-refractivity contribution >= 4 is 5.97 Å². The third-order valence-corrected chi connectivity index (χ3v) is 2.40. The lowest BCUT2D eigenvalue weighted by Gasteiger charge is -2.13. The average molecular weight is 225 g/mol. The van der Waals surface area contributed by atoms with Crippen molar-refractivity contribution in [3.63, 3.8) is 0 Å². The predicted molar refractivity (Wildman–Crippen MR) is 54.3 cm³/mol. The molecule has 1 aromatic carbocycles. The first kappa shape index (κ1) is 10.9. The van der Waals surface area contributed by atoms with Crippen molar-refractivity contribution in [2.75, 3.05) is 6.61 Å². The van der Waals surface area contributed by atoms with Crippen LogP contribution in [0, 0.1) is 5.82 Å². The molecule has 1 unspecified atom stereocenters. The highest BCUT2D eigenvalue weighted by atomic mass is 19.1. The van der Waals surface area contributed by atoms with E-state index in [1.165, 1.54) is 18.2 Å². The number of nitrogens with two attached hydrogens (primary N) is 1. The molecule has 0 aromatic heterocycles. The van der Waals surface area contributed by atoms with Gasteiger partial charge >= 0.3 is 5.97 Å². The van der Waals surface area contributed by atoms with Gasteiger partial charge in [0.15, 0.2) is 6.10 Å². The van der Waals surface area contributed by atoms with Crippen molar-refractivity contribution in [1.82, 2.24) is 0 Å². The number of cyclic esters (lactones) is 1. The number of hydrogen-bond donors (Lipinski definition) is 1. The summed E-state index contributed by atoms with van der Waals surface area (Å²) in [7, 11) is 0. The number of hydrogen-bond acceptors (Lipinski definition) is 4. The SMILES string of the molecule is NCc1cc(F)ccc1OC1CCOC1=O. The van der Waals surface area contributed by atoms with E-state index in [0.29, 0.717) is 24.3 Å².